The van der Waals surface area contributed by atoms with Crippen molar-refractivity contribution in [3.05, 3.63) is 59.3 Å². The second kappa shape index (κ2) is 9.63. The van der Waals surface area contributed by atoms with Crippen LogP contribution in [0.1, 0.15) is 38.2 Å². The molecule has 1 aromatic rings. The molecule has 3 aliphatic carbocycles. The zero-order valence-corrected chi connectivity index (χ0v) is 21.4. The fraction of sp³-hybridized carbons (Fsp3) is 0.552. The van der Waals surface area contributed by atoms with Crippen LogP contribution in [0.3, 0.4) is 0 Å². The van der Waals surface area contributed by atoms with Crippen LogP contribution < -0.4 is 0 Å². The number of hydrogen-bond donors (Lipinski definition) is 0. The molecule has 2 aliphatic heterocycles. The summed E-state index contributed by atoms with van der Waals surface area (Å²) in [5, 5.41) is 0. The molecule has 1 spiro atoms. The van der Waals surface area contributed by atoms with E-state index in [1.807, 2.05) is 47.4 Å². The first-order valence-electron chi connectivity index (χ1n) is 13.6. The number of rotatable bonds is 7. The largest absolute Gasteiger partial charge is 0.436 e. The third-order valence-electron chi connectivity index (χ3n) is 8.71. The van der Waals surface area contributed by atoms with Gasteiger partial charge in [0, 0.05) is 31.6 Å². The molecule has 196 valence electrons. The van der Waals surface area contributed by atoms with Crippen LogP contribution in [0, 0.1) is 11.8 Å². The van der Waals surface area contributed by atoms with Crippen LogP contribution in [-0.2, 0) is 25.6 Å². The molecule has 37 heavy (non-hydrogen) atoms. The highest BCUT2D eigenvalue weighted by Crippen LogP contribution is 2.49. The summed E-state index contributed by atoms with van der Waals surface area (Å²) in [6, 6.07) is 10.1. The van der Waals surface area contributed by atoms with E-state index < -0.39 is 11.7 Å². The lowest BCUT2D eigenvalue weighted by Crippen LogP contribution is -2.46. The minimum absolute atomic E-state index is 0.00869. The molecule has 0 radical (unpaired) electrons. The number of ether oxygens (including phenoxy) is 2. The molecule has 2 heterocycles. The normalized spacial score (nSPS) is 28.1. The van der Waals surface area contributed by atoms with Gasteiger partial charge >= 0.3 is 6.09 Å². The Labute approximate surface area is 217 Å². The average molecular weight is 506 g/mol. The number of morpholine rings is 1. The fourth-order valence-corrected chi connectivity index (χ4v) is 6.39. The summed E-state index contributed by atoms with van der Waals surface area (Å²) in [7, 11) is 0. The van der Waals surface area contributed by atoms with Gasteiger partial charge in [-0.2, -0.15) is 0 Å². The molecule has 4 fully saturated rings. The molecule has 2 saturated carbocycles. The fourth-order valence-electron chi connectivity index (χ4n) is 6.39. The van der Waals surface area contributed by atoms with Crippen molar-refractivity contribution >= 4 is 17.8 Å². The second-order valence-corrected chi connectivity index (χ2v) is 11.0. The van der Waals surface area contributed by atoms with Crippen LogP contribution in [-0.4, -0.2) is 83.5 Å². The van der Waals surface area contributed by atoms with Crippen LogP contribution in [0.15, 0.2) is 53.8 Å². The van der Waals surface area contributed by atoms with Crippen molar-refractivity contribution in [2.45, 2.75) is 50.8 Å². The highest BCUT2D eigenvalue weighted by Gasteiger charge is 2.56. The zero-order chi connectivity index (χ0) is 25.6. The monoisotopic (exact) mass is 505 g/mol. The van der Waals surface area contributed by atoms with Gasteiger partial charge in [-0.3, -0.25) is 14.5 Å². The van der Waals surface area contributed by atoms with Crippen molar-refractivity contribution in [3.8, 4) is 0 Å². The molecular weight excluding hydrogens is 470 g/mol. The van der Waals surface area contributed by atoms with Crippen molar-refractivity contribution in [1.29, 1.82) is 0 Å². The van der Waals surface area contributed by atoms with Gasteiger partial charge in [0.1, 0.15) is 6.54 Å². The summed E-state index contributed by atoms with van der Waals surface area (Å²) >= 11 is 0. The molecule has 5 aliphatic rings. The van der Waals surface area contributed by atoms with Gasteiger partial charge in [0.15, 0.2) is 11.4 Å². The van der Waals surface area contributed by atoms with Crippen LogP contribution >= 0.6 is 0 Å². The first-order valence-corrected chi connectivity index (χ1v) is 13.6. The number of hydrogen-bond acceptors (Lipinski definition) is 6. The van der Waals surface area contributed by atoms with E-state index >= 15 is 0 Å². The van der Waals surface area contributed by atoms with Crippen LogP contribution in [0.5, 0.6) is 0 Å². The van der Waals surface area contributed by atoms with Crippen LogP contribution in [0.2, 0.25) is 0 Å². The highest BCUT2D eigenvalue weighted by atomic mass is 16.6. The first kappa shape index (κ1) is 24.2. The third-order valence-corrected chi connectivity index (χ3v) is 8.71. The van der Waals surface area contributed by atoms with Gasteiger partial charge < -0.3 is 19.3 Å². The van der Waals surface area contributed by atoms with E-state index in [1.165, 1.54) is 4.90 Å². The van der Waals surface area contributed by atoms with E-state index in [4.69, 9.17) is 9.47 Å². The van der Waals surface area contributed by atoms with E-state index in [2.05, 4.69) is 11.8 Å². The van der Waals surface area contributed by atoms with E-state index in [1.54, 1.807) is 0 Å². The molecule has 6 rings (SSSR count). The molecule has 8 heteroatoms. The Morgan fingerprint density at radius 1 is 1.11 bits per heavy atom. The average Bonchev–Trinajstić information content (AvgIpc) is 3.64. The number of allylic oxidation sites excluding steroid dienone is 3. The molecule has 0 N–H and O–H groups in total. The highest BCUT2D eigenvalue weighted by molar-refractivity contribution is 6.01. The maximum absolute atomic E-state index is 13.6. The summed E-state index contributed by atoms with van der Waals surface area (Å²) in [6.07, 6.45) is 6.93. The van der Waals surface area contributed by atoms with E-state index in [9.17, 15) is 14.4 Å². The Morgan fingerprint density at radius 2 is 1.86 bits per heavy atom. The summed E-state index contributed by atoms with van der Waals surface area (Å²) in [4.78, 5) is 45.5. The van der Waals surface area contributed by atoms with Gasteiger partial charge in [-0.25, -0.2) is 4.79 Å². The Morgan fingerprint density at radius 3 is 2.59 bits per heavy atom. The van der Waals surface area contributed by atoms with Gasteiger partial charge in [0.05, 0.1) is 25.5 Å². The van der Waals surface area contributed by atoms with E-state index in [0.29, 0.717) is 58.2 Å². The number of benzene rings is 1. The molecule has 0 aromatic heterocycles. The Hall–Kier alpha value is -3.13. The number of fused-ring (bicyclic) bond motifs is 2. The minimum Gasteiger partial charge on any atom is -0.436 e. The lowest BCUT2D eigenvalue weighted by Gasteiger charge is -2.34. The van der Waals surface area contributed by atoms with E-state index in [0.717, 1.165) is 29.7 Å². The molecule has 2 amide bonds. The quantitative estimate of drug-likeness (QED) is 0.567. The number of Topliss-reactive ketones (excluding diaryl/α,β-unsaturated/α-hetero) is 1. The summed E-state index contributed by atoms with van der Waals surface area (Å²) < 4.78 is 11.4. The van der Waals surface area contributed by atoms with Gasteiger partial charge in [0.25, 0.3) is 0 Å². The predicted molar refractivity (Wildman–Crippen MR) is 136 cm³/mol. The van der Waals surface area contributed by atoms with Crippen molar-refractivity contribution in [3.63, 3.8) is 0 Å². The number of amides is 2. The maximum atomic E-state index is 13.6. The smallest absolute Gasteiger partial charge is 0.411 e. The molecule has 0 bridgehead atoms. The van der Waals surface area contributed by atoms with Crippen LogP contribution in [0.25, 0.3) is 0 Å². The Kier molecular flexibility index (Phi) is 6.31. The zero-order valence-electron chi connectivity index (χ0n) is 21.4. The number of ketones is 1. The van der Waals surface area contributed by atoms with Gasteiger partial charge in [0.2, 0.25) is 5.91 Å². The molecule has 3 atom stereocenters. The summed E-state index contributed by atoms with van der Waals surface area (Å²) in [6.45, 7) is 5.61. The standard InChI is InChI=1S/C29H35N3O5/c1-20(22-7-8-22)32(17-21-5-3-2-4-6-21)26(33)18-31-19-29(37-28(31)35)12-11-23-24(29)9-10-25(27(23)34)30-13-15-36-16-14-30/h2-6,9-10,20,22-23H,7-8,11-19H2,1H3. The topological polar surface area (TPSA) is 79.4 Å². The third kappa shape index (κ3) is 4.56. The summed E-state index contributed by atoms with van der Waals surface area (Å²) in [5.74, 6) is 0.297. The SMILES string of the molecule is CC(C1CC1)N(Cc1ccccc1)C(=O)CN1CC2(CCC3C(=O)C(N4CCOCC4)=CC=C32)OC1=O. The number of nitrogens with zero attached hydrogens (tertiary/aromatic N) is 3. The second-order valence-electron chi connectivity index (χ2n) is 11.0. The molecule has 2 saturated heterocycles. The van der Waals surface area contributed by atoms with E-state index in [-0.39, 0.29) is 30.2 Å². The van der Waals surface area contributed by atoms with Crippen molar-refractivity contribution < 1.29 is 23.9 Å². The van der Waals surface area contributed by atoms with Gasteiger partial charge in [-0.05, 0) is 55.7 Å². The van der Waals surface area contributed by atoms with Crippen molar-refractivity contribution in [1.82, 2.24) is 14.7 Å². The number of carbonyl (C=O) groups is 3. The van der Waals surface area contributed by atoms with Crippen molar-refractivity contribution in [2.75, 3.05) is 39.4 Å². The maximum Gasteiger partial charge on any atom is 0.411 e. The molecule has 8 nitrogen and oxygen atoms in total. The Bertz CT molecular complexity index is 1140. The lowest BCUT2D eigenvalue weighted by atomic mass is 9.85. The van der Waals surface area contributed by atoms with Crippen molar-refractivity contribution in [2.24, 2.45) is 11.8 Å². The minimum atomic E-state index is -0.822. The Balaban J connectivity index is 1.18. The van der Waals surface area contributed by atoms with Crippen LogP contribution in [0.4, 0.5) is 4.79 Å². The lowest BCUT2D eigenvalue weighted by molar-refractivity contribution is -0.135. The molecular formula is C29H35N3O5. The molecule has 1 aromatic carbocycles. The number of carbonyl (C=O) groups excluding carboxylic acids is 3. The molecule has 3 unspecified atom stereocenters. The predicted octanol–water partition coefficient (Wildman–Crippen LogP) is 3.14. The van der Waals surface area contributed by atoms with Gasteiger partial charge in [-0.1, -0.05) is 36.4 Å². The first-order chi connectivity index (χ1) is 17.9. The van der Waals surface area contributed by atoms with Gasteiger partial charge in [-0.15, -0.1) is 0 Å². The summed E-state index contributed by atoms with van der Waals surface area (Å²) in [5.41, 5.74) is 1.87.